The number of likely N-dealkylation sites (tertiary alicyclic amines) is 1. The number of carbonyl (C=O) groups is 15. The van der Waals surface area contributed by atoms with Gasteiger partial charge in [-0.2, -0.15) is 0 Å². The fourth-order valence-corrected chi connectivity index (χ4v) is 17.0. The lowest BCUT2D eigenvalue weighted by molar-refractivity contribution is -0.195. The highest BCUT2D eigenvalue weighted by molar-refractivity contribution is 7.51. The van der Waals surface area contributed by atoms with Gasteiger partial charge in [0, 0.05) is 78.1 Å². The number of esters is 1. The number of rotatable bonds is 62. The summed E-state index contributed by atoms with van der Waals surface area (Å²) < 4.78 is 76.0. The highest BCUT2D eigenvalue weighted by Gasteiger charge is 2.51. The number of nitrogens with one attached hydrogen (secondary N) is 10. The summed E-state index contributed by atoms with van der Waals surface area (Å²) in [5.74, 6) is -11.7. The quantitative estimate of drug-likeness (QED) is 0.0193. The molecular weight excluding hydrogens is 1790 g/mol. The van der Waals surface area contributed by atoms with E-state index < -0.39 is 215 Å². The van der Waals surface area contributed by atoms with E-state index in [1.54, 1.807) is 88.7 Å². The Hall–Kier alpha value is -9.79. The van der Waals surface area contributed by atoms with Crippen LogP contribution in [0.5, 0.6) is 0 Å². The van der Waals surface area contributed by atoms with Crippen LogP contribution in [0.2, 0.25) is 0 Å². The van der Waals surface area contributed by atoms with Crippen LogP contribution in [0.4, 0.5) is 10.5 Å². The van der Waals surface area contributed by atoms with Crippen molar-refractivity contribution in [2.75, 3.05) is 126 Å². The number of anilines is 1. The number of likely N-dealkylation sites (N-methyl/N-ethyl adjacent to an activating group) is 2. The van der Waals surface area contributed by atoms with Gasteiger partial charge in [0.05, 0.1) is 121 Å². The van der Waals surface area contributed by atoms with Crippen molar-refractivity contribution in [1.29, 1.82) is 0 Å². The molecule has 2 unspecified atom stereocenters. The van der Waals surface area contributed by atoms with Gasteiger partial charge in [-0.1, -0.05) is 111 Å². The third-order valence-electron chi connectivity index (χ3n) is 23.0. The third kappa shape index (κ3) is 37.4. The molecule has 44 nitrogen and oxygen atoms in total. The highest BCUT2D eigenvalue weighted by Crippen LogP contribution is 2.50. The molecule has 5 rings (SSSR count). The molecule has 2 fully saturated rings. The number of urea groups is 1. The van der Waals surface area contributed by atoms with Crippen LogP contribution in [0.25, 0.3) is 0 Å². The Balaban J connectivity index is 1.15. The third-order valence-corrected chi connectivity index (χ3v) is 24.7. The maximum atomic E-state index is 14.7. The highest BCUT2D eigenvalue weighted by atomic mass is 31.2. The molecule has 16 atom stereocenters. The molecule has 15 amide bonds. The summed E-state index contributed by atoms with van der Waals surface area (Å²) in [6.07, 6.45) is -1.75. The number of amides is 15. The molecule has 0 aliphatic carbocycles. The fourth-order valence-electron chi connectivity index (χ4n) is 15.6. The SMILES string of the molecule is CC[C@H](C)[C@@H]([C@@H](CC(=O)N1CCC[C@H]1[C@H](OC)[C@@H](C)C(=O)N[C@H](C)[C@@H](OP(=O)(O)OCc1ccc(NC(=O)[C@H](CCCNC(N)=O)NC(=O)[C@@H](NC(=O)[C@H](CC(=O)NC2C(=O)OC2(C)C)NC(=O)CCOCCOCCOCCOCCNC(=O)[C@H](CNC(=O)CCP(=O)(O)O)N2C(=O)C=CC2=O)C(C)C)cc1)c1ccccc1)OC)N(C)C(=O)[C@@H](NC(=O)[C@H](C(C)C)N(C)C)C(C)C. The van der Waals surface area contributed by atoms with Crippen molar-refractivity contribution in [2.24, 2.45) is 35.3 Å². The number of hydrogen-bond acceptors (Lipinski definition) is 27. The molecule has 0 spiro atoms. The normalized spacial score (nSPS) is 18.2. The number of nitrogens with two attached hydrogens (primary N) is 1. The molecular formula is C88H141N15O29P2. The Kier molecular flexibility index (Phi) is 48.0. The van der Waals surface area contributed by atoms with E-state index in [2.05, 4.69) is 53.2 Å². The van der Waals surface area contributed by atoms with E-state index in [-0.39, 0.29) is 133 Å². The van der Waals surface area contributed by atoms with Gasteiger partial charge in [-0.15, -0.1) is 0 Å². The average molecular weight is 1940 g/mol. The van der Waals surface area contributed by atoms with Crippen LogP contribution in [-0.4, -0.2) is 322 Å². The van der Waals surface area contributed by atoms with Gasteiger partial charge in [0.2, 0.25) is 65.0 Å². The zero-order valence-electron chi connectivity index (χ0n) is 79.7. The Morgan fingerprint density at radius 2 is 1.22 bits per heavy atom. The molecule has 3 aliphatic heterocycles. The molecule has 2 saturated heterocycles. The first-order chi connectivity index (χ1) is 63.1. The van der Waals surface area contributed by atoms with Gasteiger partial charge in [-0.3, -0.25) is 85.7 Å². The van der Waals surface area contributed by atoms with Crippen molar-refractivity contribution in [3.05, 3.63) is 77.9 Å². The number of primary amides is 1. The number of ether oxygens (including phenoxy) is 7. The van der Waals surface area contributed by atoms with Crippen molar-refractivity contribution in [2.45, 2.75) is 232 Å². The number of phosphoric ester groups is 1. The van der Waals surface area contributed by atoms with Gasteiger partial charge in [-0.05, 0) is 107 Å². The molecule has 3 heterocycles. The summed E-state index contributed by atoms with van der Waals surface area (Å²) in [5, 5.41) is 26.2. The van der Waals surface area contributed by atoms with Crippen molar-refractivity contribution in [3.8, 4) is 0 Å². The minimum absolute atomic E-state index is 0.0102. The Morgan fingerprint density at radius 1 is 0.627 bits per heavy atom. The second kappa shape index (κ2) is 56.0. The number of imide groups is 1. The lowest BCUT2D eigenvalue weighted by Gasteiger charge is -2.42. The summed E-state index contributed by atoms with van der Waals surface area (Å²) in [5.41, 5.74) is 5.12. The molecule has 2 aromatic rings. The topological polar surface area (TPSA) is 593 Å². The molecule has 0 radical (unpaired) electrons. The molecule has 15 N–H and O–H groups in total. The smallest absolute Gasteiger partial charge is 0.455 e. The van der Waals surface area contributed by atoms with Crippen LogP contribution < -0.4 is 58.9 Å². The largest absolute Gasteiger partial charge is 0.473 e. The molecule has 0 saturated carbocycles. The maximum Gasteiger partial charge on any atom is 0.473 e. The van der Waals surface area contributed by atoms with Crippen molar-refractivity contribution < 1.29 is 138 Å². The van der Waals surface area contributed by atoms with E-state index >= 15 is 0 Å². The van der Waals surface area contributed by atoms with Gasteiger partial charge in [0.25, 0.3) is 11.8 Å². The van der Waals surface area contributed by atoms with Gasteiger partial charge < -0.3 is 117 Å². The zero-order chi connectivity index (χ0) is 100. The predicted molar refractivity (Wildman–Crippen MR) is 487 cm³/mol. The van der Waals surface area contributed by atoms with E-state index in [0.29, 0.717) is 41.8 Å². The summed E-state index contributed by atoms with van der Waals surface area (Å²) in [6.45, 7) is 20.6. The van der Waals surface area contributed by atoms with E-state index in [9.17, 15) is 85.9 Å². The van der Waals surface area contributed by atoms with Crippen molar-refractivity contribution in [1.82, 2.24) is 67.5 Å². The lowest BCUT2D eigenvalue weighted by atomic mass is 9.89. The predicted octanol–water partition coefficient (Wildman–Crippen LogP) is 1.47. The number of cyclic esters (lactones) is 1. The Bertz CT molecular complexity index is 4350. The van der Waals surface area contributed by atoms with Crippen LogP contribution in [0, 0.1) is 29.6 Å². The minimum Gasteiger partial charge on any atom is -0.455 e. The first-order valence-corrected chi connectivity index (χ1v) is 48.3. The maximum absolute atomic E-state index is 14.7. The molecule has 3 aliphatic rings. The van der Waals surface area contributed by atoms with Crippen LogP contribution in [0.1, 0.15) is 158 Å². The second-order valence-corrected chi connectivity index (χ2v) is 38.2. The number of phosphoric acid groups is 1. The van der Waals surface area contributed by atoms with Gasteiger partial charge >= 0.3 is 27.4 Å². The van der Waals surface area contributed by atoms with Crippen LogP contribution in [0.15, 0.2) is 66.7 Å². The molecule has 2 aromatic carbocycles. The Labute approximate surface area is 782 Å². The van der Waals surface area contributed by atoms with Crippen LogP contribution in [-0.2, 0) is 125 Å². The minimum atomic E-state index is -5.02. The number of nitrogens with zero attached hydrogens (tertiary/aromatic N) is 4. The van der Waals surface area contributed by atoms with E-state index in [1.807, 2.05) is 60.5 Å². The average Bonchev–Trinajstić information content (AvgIpc) is 1.02. The van der Waals surface area contributed by atoms with Crippen LogP contribution >= 0.6 is 15.4 Å². The summed E-state index contributed by atoms with van der Waals surface area (Å²) in [4.78, 5) is 237. The second-order valence-electron chi connectivity index (χ2n) is 35.0. The molecule has 46 heteroatoms. The summed E-state index contributed by atoms with van der Waals surface area (Å²) in [7, 11) is -1.26. The van der Waals surface area contributed by atoms with E-state index in [4.69, 9.17) is 57.7 Å². The fraction of sp³-hybridized carbons (Fsp3) is 0.670. The van der Waals surface area contributed by atoms with E-state index in [1.165, 1.54) is 38.5 Å². The monoisotopic (exact) mass is 1930 g/mol. The van der Waals surface area contributed by atoms with Crippen LogP contribution in [0.3, 0.4) is 0 Å². The molecule has 0 bridgehead atoms. The first-order valence-electron chi connectivity index (χ1n) is 45.0. The number of hydrogen-bond donors (Lipinski definition) is 14. The number of methoxy groups -OCH3 is 2. The summed E-state index contributed by atoms with van der Waals surface area (Å²) >= 11 is 0. The molecule has 752 valence electrons. The first kappa shape index (κ1) is 115. The Morgan fingerprint density at radius 3 is 1.77 bits per heavy atom. The molecule has 0 aromatic heterocycles. The standard InChI is InChI=1S/C88H141N15O29P2/c1-18-55(8)75(101(15)85(116)73(53(4)5)99-84(115)74(54(6)7)100(13)14)65(124-16)49-71(109)102-38-23-27-63(102)76(125-17)56(9)79(110)93-57(10)77(59-24-20-19-21-25-59)132-134(122,123)130-51-58-28-30-60(31-29-58)94-80(111)61(26-22-36-91-87(89)118)96-83(114)72(52(2)3)98-81(112)62(48-68(106)97-78-86(117)131-88(78,11)12)95-67(105)34-39-126-41-43-128-45-46-129-44-42-127-40-37-90-82(113)64(103-69(107)32-33-70(103)108)50-92-66(104)35-47-133(119,120)121/h19-21,24-25,28-33,52-57,61-65,72-78H,18,22-23,26-27,34-51H2,1-17H3,(H,90,113)(H,92,104)(H,93,110)(H,94,111)(H,95,105)(H,96,114)(H,97,106)(H,98,112)(H,99,115)(H,122,123)(H3,89,91,118)(H2,119,120,121)/t55-,56+,57+,61-,62-,63-,64-,65+,72-,73-,74-,75-,76+,77+,78?/m0/s1. The van der Waals surface area contributed by atoms with Gasteiger partial charge in [-0.25, -0.2) is 14.2 Å². The van der Waals surface area contributed by atoms with E-state index in [0.717, 1.165) is 12.2 Å². The van der Waals surface area contributed by atoms with Gasteiger partial charge in [0.15, 0.2) is 6.04 Å². The molecule has 134 heavy (non-hydrogen) atoms. The summed E-state index contributed by atoms with van der Waals surface area (Å²) in [6, 6.07) is 2.87. The lowest BCUT2D eigenvalue weighted by Crippen LogP contribution is -2.66. The van der Waals surface area contributed by atoms with Crippen molar-refractivity contribution in [3.63, 3.8) is 0 Å². The van der Waals surface area contributed by atoms with Gasteiger partial charge in [0.1, 0.15) is 41.9 Å². The zero-order valence-corrected chi connectivity index (χ0v) is 81.5. The number of benzene rings is 2. The number of carbonyl (C=O) groups excluding carboxylic acids is 15. The van der Waals surface area contributed by atoms with Crippen molar-refractivity contribution >= 4 is 110 Å².